The van der Waals surface area contributed by atoms with Gasteiger partial charge in [-0.25, -0.2) is 9.59 Å². The topological polar surface area (TPSA) is 107 Å². The largest absolute Gasteiger partial charge is 0.493 e. The number of carbonyl (C=O) groups is 3. The predicted octanol–water partition coefficient (Wildman–Crippen LogP) is 2.95. The molecule has 3 rings (SSSR count). The Balaban J connectivity index is 1.77. The average molecular weight is 414 g/mol. The minimum absolute atomic E-state index is 0.00822. The van der Waals surface area contributed by atoms with Gasteiger partial charge in [0.1, 0.15) is 11.5 Å². The highest BCUT2D eigenvalue weighted by Gasteiger charge is 2.34. The van der Waals surface area contributed by atoms with Gasteiger partial charge in [-0.2, -0.15) is 0 Å². The first-order valence-corrected chi connectivity index (χ1v) is 9.18. The Bertz CT molecular complexity index is 1010. The third-order valence-corrected chi connectivity index (χ3v) is 4.19. The van der Waals surface area contributed by atoms with E-state index in [1.807, 2.05) is 13.8 Å². The van der Waals surface area contributed by atoms with Crippen molar-refractivity contribution in [2.45, 2.75) is 26.5 Å². The molecule has 1 aliphatic rings. The van der Waals surface area contributed by atoms with Crippen LogP contribution in [0.3, 0.4) is 0 Å². The molecule has 0 bridgehead atoms. The maximum Gasteiger partial charge on any atom is 0.373 e. The smallest absolute Gasteiger partial charge is 0.373 e. The van der Waals surface area contributed by atoms with Gasteiger partial charge in [-0.1, -0.05) is 6.07 Å². The fraction of sp³-hybridized carbons (Fsp3) is 0.286. The van der Waals surface area contributed by atoms with Crippen molar-refractivity contribution >= 4 is 24.0 Å². The number of carbonyl (C=O) groups excluding carboxylic acids is 3. The summed E-state index contributed by atoms with van der Waals surface area (Å²) in [4.78, 5) is 37.4. The Kier molecular flexibility index (Phi) is 6.10. The number of nitrogens with zero attached hydrogens (tertiary/aromatic N) is 1. The van der Waals surface area contributed by atoms with Crippen LogP contribution in [0, 0.1) is 0 Å². The van der Waals surface area contributed by atoms with Gasteiger partial charge in [0.25, 0.3) is 5.91 Å². The Morgan fingerprint density at radius 2 is 1.93 bits per heavy atom. The fourth-order valence-corrected chi connectivity index (χ4v) is 2.84. The standard InChI is InChI=1S/C21H22N2O7/c1-12(2)29-16-7-5-13(10-18(16)27-3)9-15-19(24)23(21(26)22-15)11-14-6-8-17(30-14)20(25)28-4/h5-10,12H,11H2,1-4H3,(H,22,26)/b15-9-. The number of nitrogens with one attached hydrogen (secondary N) is 1. The van der Waals surface area contributed by atoms with Crippen molar-refractivity contribution in [1.29, 1.82) is 0 Å². The van der Waals surface area contributed by atoms with Crippen LogP contribution in [0.2, 0.25) is 0 Å². The van der Waals surface area contributed by atoms with Crippen molar-refractivity contribution in [2.24, 2.45) is 0 Å². The van der Waals surface area contributed by atoms with Crippen molar-refractivity contribution < 1.29 is 33.0 Å². The molecule has 9 heteroatoms. The molecule has 0 saturated carbocycles. The molecule has 9 nitrogen and oxygen atoms in total. The van der Waals surface area contributed by atoms with Gasteiger partial charge >= 0.3 is 12.0 Å². The molecule has 158 valence electrons. The van der Waals surface area contributed by atoms with E-state index in [9.17, 15) is 14.4 Å². The number of amides is 3. The van der Waals surface area contributed by atoms with Gasteiger partial charge < -0.3 is 23.9 Å². The number of esters is 1. The summed E-state index contributed by atoms with van der Waals surface area (Å²) in [5.74, 6) is 0.202. The number of benzene rings is 1. The average Bonchev–Trinajstić information content (AvgIpc) is 3.28. The first-order chi connectivity index (χ1) is 14.3. The second kappa shape index (κ2) is 8.73. The Morgan fingerprint density at radius 3 is 2.60 bits per heavy atom. The van der Waals surface area contributed by atoms with E-state index in [2.05, 4.69) is 10.1 Å². The maximum atomic E-state index is 12.7. The third-order valence-electron chi connectivity index (χ3n) is 4.19. The molecule has 1 aromatic heterocycles. The van der Waals surface area contributed by atoms with E-state index < -0.39 is 17.9 Å². The SMILES string of the molecule is COC(=O)c1ccc(CN2C(=O)N/C(=C\c3ccc(OC(C)C)c(OC)c3)C2=O)o1. The lowest BCUT2D eigenvalue weighted by Gasteiger charge is -2.13. The monoisotopic (exact) mass is 414 g/mol. The number of imide groups is 1. The molecule has 0 unspecified atom stereocenters. The summed E-state index contributed by atoms with van der Waals surface area (Å²) < 4.78 is 20.9. The zero-order valence-corrected chi connectivity index (χ0v) is 17.1. The Labute approximate surface area is 173 Å². The van der Waals surface area contributed by atoms with Crippen LogP contribution in [0.1, 0.15) is 35.7 Å². The fourth-order valence-electron chi connectivity index (χ4n) is 2.84. The third kappa shape index (κ3) is 4.45. The molecule has 3 amide bonds. The molecule has 0 atom stereocenters. The molecule has 0 radical (unpaired) electrons. The van der Waals surface area contributed by atoms with Crippen LogP contribution in [-0.2, 0) is 16.1 Å². The van der Waals surface area contributed by atoms with Crippen molar-refractivity contribution in [3.8, 4) is 11.5 Å². The lowest BCUT2D eigenvalue weighted by atomic mass is 10.1. The zero-order valence-electron chi connectivity index (χ0n) is 17.1. The number of urea groups is 1. The normalized spacial score (nSPS) is 15.0. The summed E-state index contributed by atoms with van der Waals surface area (Å²) in [6.07, 6.45) is 1.53. The lowest BCUT2D eigenvalue weighted by molar-refractivity contribution is -0.123. The molecule has 30 heavy (non-hydrogen) atoms. The summed E-state index contributed by atoms with van der Waals surface area (Å²) >= 11 is 0. The van der Waals surface area contributed by atoms with Gasteiger partial charge in [0.05, 0.1) is 26.9 Å². The van der Waals surface area contributed by atoms with Gasteiger partial charge in [0, 0.05) is 0 Å². The first kappa shape index (κ1) is 21.0. The first-order valence-electron chi connectivity index (χ1n) is 9.18. The van der Waals surface area contributed by atoms with Gasteiger partial charge in [0.15, 0.2) is 11.5 Å². The Morgan fingerprint density at radius 1 is 1.17 bits per heavy atom. The molecule has 1 aromatic carbocycles. The van der Waals surface area contributed by atoms with Crippen LogP contribution in [0.15, 0.2) is 40.4 Å². The molecular formula is C21H22N2O7. The molecule has 0 aliphatic carbocycles. The quantitative estimate of drug-likeness (QED) is 0.422. The molecule has 0 spiro atoms. The zero-order chi connectivity index (χ0) is 21.8. The molecule has 1 fully saturated rings. The molecule has 2 heterocycles. The second-order valence-corrected chi connectivity index (χ2v) is 6.71. The van der Waals surface area contributed by atoms with Crippen molar-refractivity contribution in [3.63, 3.8) is 0 Å². The number of rotatable bonds is 7. The van der Waals surface area contributed by atoms with Crippen LogP contribution in [0.25, 0.3) is 6.08 Å². The molecule has 1 N–H and O–H groups in total. The van der Waals surface area contributed by atoms with Crippen LogP contribution >= 0.6 is 0 Å². The van der Waals surface area contributed by atoms with Gasteiger partial charge in [-0.15, -0.1) is 0 Å². The predicted molar refractivity (Wildman–Crippen MR) is 106 cm³/mol. The van der Waals surface area contributed by atoms with E-state index in [1.54, 1.807) is 24.3 Å². The summed E-state index contributed by atoms with van der Waals surface area (Å²) in [6.45, 7) is 3.69. The second-order valence-electron chi connectivity index (χ2n) is 6.71. The van der Waals surface area contributed by atoms with Crippen molar-refractivity contribution in [1.82, 2.24) is 10.2 Å². The number of hydrogen-bond donors (Lipinski definition) is 1. The van der Waals surface area contributed by atoms with E-state index in [0.717, 1.165) is 4.90 Å². The van der Waals surface area contributed by atoms with E-state index >= 15 is 0 Å². The maximum absolute atomic E-state index is 12.7. The highest BCUT2D eigenvalue weighted by molar-refractivity contribution is 6.13. The number of furan rings is 1. The van der Waals surface area contributed by atoms with Gasteiger partial charge in [-0.05, 0) is 49.8 Å². The number of ether oxygens (including phenoxy) is 3. The molecule has 1 aliphatic heterocycles. The van der Waals surface area contributed by atoms with Gasteiger partial charge in [0.2, 0.25) is 5.76 Å². The van der Waals surface area contributed by atoms with Gasteiger partial charge in [-0.3, -0.25) is 9.69 Å². The molecule has 2 aromatic rings. The summed E-state index contributed by atoms with van der Waals surface area (Å²) in [6, 6.07) is 7.54. The molecular weight excluding hydrogens is 392 g/mol. The minimum Gasteiger partial charge on any atom is -0.493 e. The highest BCUT2D eigenvalue weighted by Crippen LogP contribution is 2.30. The summed E-state index contributed by atoms with van der Waals surface area (Å²) in [7, 11) is 2.76. The van der Waals surface area contributed by atoms with E-state index in [4.69, 9.17) is 13.9 Å². The van der Waals surface area contributed by atoms with E-state index in [1.165, 1.54) is 26.4 Å². The highest BCUT2D eigenvalue weighted by atomic mass is 16.5. The van der Waals surface area contributed by atoms with Crippen LogP contribution in [0.4, 0.5) is 4.79 Å². The van der Waals surface area contributed by atoms with Crippen LogP contribution < -0.4 is 14.8 Å². The minimum atomic E-state index is -0.641. The van der Waals surface area contributed by atoms with E-state index in [-0.39, 0.29) is 29.9 Å². The Hall–Kier alpha value is -3.75. The molecule has 1 saturated heterocycles. The van der Waals surface area contributed by atoms with Crippen molar-refractivity contribution in [3.05, 3.63) is 53.1 Å². The van der Waals surface area contributed by atoms with Crippen molar-refractivity contribution in [2.75, 3.05) is 14.2 Å². The lowest BCUT2D eigenvalue weighted by Crippen LogP contribution is -2.30. The number of methoxy groups -OCH3 is 2. The van der Waals surface area contributed by atoms with Crippen LogP contribution in [-0.4, -0.2) is 43.1 Å². The van der Waals surface area contributed by atoms with E-state index in [0.29, 0.717) is 17.1 Å². The summed E-state index contributed by atoms with van der Waals surface area (Å²) in [5.41, 5.74) is 0.763. The summed E-state index contributed by atoms with van der Waals surface area (Å²) in [5, 5.41) is 2.54. The number of hydrogen-bond acceptors (Lipinski definition) is 7. The van der Waals surface area contributed by atoms with Crippen LogP contribution in [0.5, 0.6) is 11.5 Å².